The van der Waals surface area contributed by atoms with Gasteiger partial charge in [-0.3, -0.25) is 18.8 Å². The maximum Gasteiger partial charge on any atom is 0.264 e. The summed E-state index contributed by atoms with van der Waals surface area (Å²) in [7, 11) is 1.72. The number of likely N-dealkylation sites (N-methyl/N-ethyl adjacent to an activating group) is 1. The van der Waals surface area contributed by atoms with Crippen molar-refractivity contribution in [3.63, 3.8) is 0 Å². The molecule has 2 rings (SSSR count). The molecule has 2 aromatic heterocycles. The Morgan fingerprint density at radius 3 is 2.68 bits per heavy atom. The summed E-state index contributed by atoms with van der Waals surface area (Å²) < 4.78 is 2.86. The molecule has 0 atom stereocenters. The zero-order valence-corrected chi connectivity index (χ0v) is 11.3. The molecule has 19 heavy (non-hydrogen) atoms. The number of rotatable bonds is 4. The van der Waals surface area contributed by atoms with E-state index >= 15 is 0 Å². The maximum absolute atomic E-state index is 12.2. The molecule has 0 bridgehead atoms. The van der Waals surface area contributed by atoms with Crippen LogP contribution in [-0.2, 0) is 18.4 Å². The van der Waals surface area contributed by atoms with Crippen LogP contribution < -0.4 is 5.56 Å². The number of hydrogen-bond acceptors (Lipinski definition) is 4. The predicted molar refractivity (Wildman–Crippen MR) is 70.7 cm³/mol. The Morgan fingerprint density at radius 2 is 2.05 bits per heavy atom. The first-order chi connectivity index (χ1) is 9.08. The summed E-state index contributed by atoms with van der Waals surface area (Å²) in [4.78, 5) is 30.0. The Hall–Kier alpha value is -2.18. The summed E-state index contributed by atoms with van der Waals surface area (Å²) in [6.45, 7) is 5.09. The van der Waals surface area contributed by atoms with E-state index in [0.717, 1.165) is 0 Å². The monoisotopic (exact) mass is 263 g/mol. The molecule has 0 spiro atoms. The zero-order valence-electron chi connectivity index (χ0n) is 11.3. The molecule has 0 aliphatic rings. The lowest BCUT2D eigenvalue weighted by atomic mass is 10.4. The van der Waals surface area contributed by atoms with Crippen molar-refractivity contribution < 1.29 is 4.79 Å². The molecule has 0 saturated carbocycles. The molecule has 7 nitrogen and oxygen atoms in total. The molecule has 102 valence electrons. The molecule has 0 saturated heterocycles. The van der Waals surface area contributed by atoms with Gasteiger partial charge in [0.15, 0.2) is 5.65 Å². The number of fused-ring (bicyclic) bond motifs is 1. The summed E-state index contributed by atoms with van der Waals surface area (Å²) in [5.41, 5.74) is 0.287. The molecule has 2 aromatic rings. The Bertz CT molecular complexity index is 654. The quantitative estimate of drug-likeness (QED) is 0.778. The Morgan fingerprint density at radius 1 is 1.37 bits per heavy atom. The third-order valence-electron chi connectivity index (χ3n) is 3.14. The molecular weight excluding hydrogens is 246 g/mol. The number of carbonyl (C=O) groups is 1. The zero-order chi connectivity index (χ0) is 14.0. The van der Waals surface area contributed by atoms with Crippen LogP contribution in [0.15, 0.2) is 17.3 Å². The van der Waals surface area contributed by atoms with Gasteiger partial charge < -0.3 is 4.90 Å². The van der Waals surface area contributed by atoms with Crippen molar-refractivity contribution >= 4 is 16.9 Å². The summed E-state index contributed by atoms with van der Waals surface area (Å²) in [5.74, 6) is -0.0860. The van der Waals surface area contributed by atoms with Crippen LogP contribution >= 0.6 is 0 Å². The highest BCUT2D eigenvalue weighted by Gasteiger charge is 2.13. The fraction of sp³-hybridized carbons (Fsp3) is 0.500. The number of nitrogens with zero attached hydrogens (tertiary/aromatic N) is 5. The second kappa shape index (κ2) is 5.21. The lowest BCUT2D eigenvalue weighted by Gasteiger charge is -2.18. The molecule has 0 radical (unpaired) electrons. The van der Waals surface area contributed by atoms with Gasteiger partial charge in [0.05, 0.1) is 6.20 Å². The Labute approximate surface area is 110 Å². The molecule has 0 fully saturated rings. The number of aromatic nitrogens is 4. The summed E-state index contributed by atoms with van der Waals surface area (Å²) in [6.07, 6.45) is 2.87. The standard InChI is InChI=1S/C12H17N5O2/c1-4-16(5-2)10(18)7-17-8-13-11-9(12(17)19)6-14-15(11)3/h6,8H,4-5,7H2,1-3H3. The van der Waals surface area contributed by atoms with E-state index in [1.807, 2.05) is 13.8 Å². The van der Waals surface area contributed by atoms with Crippen LogP contribution in [0.3, 0.4) is 0 Å². The van der Waals surface area contributed by atoms with Crippen LogP contribution in [0.1, 0.15) is 13.8 Å². The number of amides is 1. The van der Waals surface area contributed by atoms with Gasteiger partial charge in [0.25, 0.3) is 5.56 Å². The van der Waals surface area contributed by atoms with E-state index in [4.69, 9.17) is 0 Å². The van der Waals surface area contributed by atoms with Crippen LogP contribution in [0.5, 0.6) is 0 Å². The molecule has 0 aromatic carbocycles. The average Bonchev–Trinajstić information content (AvgIpc) is 2.77. The van der Waals surface area contributed by atoms with Crippen LogP contribution in [0, 0.1) is 0 Å². The molecule has 0 N–H and O–H groups in total. The van der Waals surface area contributed by atoms with Gasteiger partial charge >= 0.3 is 0 Å². The second-order valence-corrected chi connectivity index (χ2v) is 4.25. The third kappa shape index (κ3) is 2.35. The van der Waals surface area contributed by atoms with E-state index in [9.17, 15) is 9.59 Å². The lowest BCUT2D eigenvalue weighted by molar-refractivity contribution is -0.131. The van der Waals surface area contributed by atoms with Crippen LogP contribution in [0.2, 0.25) is 0 Å². The van der Waals surface area contributed by atoms with Gasteiger partial charge in [0.1, 0.15) is 18.3 Å². The van der Waals surface area contributed by atoms with E-state index in [-0.39, 0.29) is 18.0 Å². The highest BCUT2D eigenvalue weighted by Crippen LogP contribution is 2.03. The average molecular weight is 263 g/mol. The van der Waals surface area contributed by atoms with Crippen LogP contribution in [0.4, 0.5) is 0 Å². The summed E-state index contributed by atoms with van der Waals surface area (Å²) in [5, 5.41) is 4.42. The highest BCUT2D eigenvalue weighted by atomic mass is 16.2. The van der Waals surface area contributed by atoms with E-state index in [1.54, 1.807) is 11.9 Å². The van der Waals surface area contributed by atoms with Crippen LogP contribution in [-0.4, -0.2) is 43.2 Å². The minimum Gasteiger partial charge on any atom is -0.342 e. The molecule has 0 aliphatic carbocycles. The summed E-state index contributed by atoms with van der Waals surface area (Å²) >= 11 is 0. The van der Waals surface area contributed by atoms with Crippen molar-refractivity contribution in [3.8, 4) is 0 Å². The first-order valence-corrected chi connectivity index (χ1v) is 6.23. The van der Waals surface area contributed by atoms with Crippen molar-refractivity contribution in [2.75, 3.05) is 13.1 Å². The van der Waals surface area contributed by atoms with E-state index < -0.39 is 0 Å². The largest absolute Gasteiger partial charge is 0.342 e. The summed E-state index contributed by atoms with van der Waals surface area (Å²) in [6, 6.07) is 0. The molecule has 1 amide bonds. The van der Waals surface area contributed by atoms with Gasteiger partial charge in [-0.1, -0.05) is 0 Å². The van der Waals surface area contributed by atoms with E-state index in [0.29, 0.717) is 24.1 Å². The van der Waals surface area contributed by atoms with Crippen molar-refractivity contribution in [1.82, 2.24) is 24.2 Å². The third-order valence-corrected chi connectivity index (χ3v) is 3.14. The van der Waals surface area contributed by atoms with E-state index in [1.165, 1.54) is 21.8 Å². The van der Waals surface area contributed by atoms with Gasteiger partial charge in [0.2, 0.25) is 5.91 Å². The van der Waals surface area contributed by atoms with Crippen molar-refractivity contribution in [2.45, 2.75) is 20.4 Å². The van der Waals surface area contributed by atoms with Gasteiger partial charge in [0, 0.05) is 20.1 Å². The molecule has 0 aliphatic heterocycles. The molecule has 7 heteroatoms. The fourth-order valence-corrected chi connectivity index (χ4v) is 2.00. The smallest absolute Gasteiger partial charge is 0.264 e. The normalized spacial score (nSPS) is 10.9. The van der Waals surface area contributed by atoms with Crippen molar-refractivity contribution in [3.05, 3.63) is 22.9 Å². The Balaban J connectivity index is 2.34. The number of aryl methyl sites for hydroxylation is 1. The van der Waals surface area contributed by atoms with Gasteiger partial charge in [-0.25, -0.2) is 4.98 Å². The van der Waals surface area contributed by atoms with Gasteiger partial charge in [-0.05, 0) is 13.8 Å². The SMILES string of the molecule is CCN(CC)C(=O)Cn1cnc2c(cnn2C)c1=O. The minimum atomic E-state index is -0.237. The molecular formula is C12H17N5O2. The van der Waals surface area contributed by atoms with Crippen molar-refractivity contribution in [1.29, 1.82) is 0 Å². The lowest BCUT2D eigenvalue weighted by Crippen LogP contribution is -2.36. The van der Waals surface area contributed by atoms with Crippen molar-refractivity contribution in [2.24, 2.45) is 7.05 Å². The van der Waals surface area contributed by atoms with Crippen LogP contribution in [0.25, 0.3) is 11.0 Å². The maximum atomic E-state index is 12.2. The first-order valence-electron chi connectivity index (χ1n) is 6.23. The van der Waals surface area contributed by atoms with E-state index in [2.05, 4.69) is 10.1 Å². The Kier molecular flexibility index (Phi) is 3.64. The second-order valence-electron chi connectivity index (χ2n) is 4.25. The first kappa shape index (κ1) is 13.3. The predicted octanol–water partition coefficient (Wildman–Crippen LogP) is -0.00160. The number of carbonyl (C=O) groups excluding carboxylic acids is 1. The topological polar surface area (TPSA) is 73.0 Å². The highest BCUT2D eigenvalue weighted by molar-refractivity contribution is 5.77. The molecule has 2 heterocycles. The number of hydrogen-bond donors (Lipinski definition) is 0. The fourth-order valence-electron chi connectivity index (χ4n) is 2.00. The molecule has 0 unspecified atom stereocenters. The van der Waals surface area contributed by atoms with Gasteiger partial charge in [-0.2, -0.15) is 5.10 Å². The minimum absolute atomic E-state index is 0.0122. The van der Waals surface area contributed by atoms with Gasteiger partial charge in [-0.15, -0.1) is 0 Å².